The summed E-state index contributed by atoms with van der Waals surface area (Å²) in [7, 11) is 0. The molecule has 3 rings (SSSR count). The molecule has 1 fully saturated rings. The van der Waals surface area contributed by atoms with Crippen molar-refractivity contribution in [3.8, 4) is 0 Å². The van der Waals surface area contributed by atoms with E-state index in [1.165, 1.54) is 12.1 Å². The van der Waals surface area contributed by atoms with Crippen LogP contribution in [0.15, 0.2) is 48.5 Å². The largest absolute Gasteiger partial charge is 0.444 e. The Morgan fingerprint density at radius 3 is 2.50 bits per heavy atom. The Morgan fingerprint density at radius 1 is 1.23 bits per heavy atom. The van der Waals surface area contributed by atoms with Crippen molar-refractivity contribution in [2.75, 3.05) is 23.3 Å². The van der Waals surface area contributed by atoms with E-state index in [1.54, 1.807) is 12.1 Å². The minimum Gasteiger partial charge on any atom is -0.444 e. The van der Waals surface area contributed by atoms with E-state index >= 15 is 0 Å². The Hall–Kier alpha value is -2.74. The number of nitrogens with zero attached hydrogens (tertiary/aromatic N) is 2. The highest BCUT2D eigenvalue weighted by atomic mass is 32.1. The monoisotopic (exact) mass is 373 g/mol. The van der Waals surface area contributed by atoms with Crippen molar-refractivity contribution in [1.29, 1.82) is 0 Å². The second-order valence-corrected chi connectivity index (χ2v) is 6.79. The average molecular weight is 373 g/mol. The smallest absolute Gasteiger partial charge is 0.411 e. The fourth-order valence-corrected chi connectivity index (χ4v) is 3.06. The molecule has 0 saturated carbocycles. The maximum atomic E-state index is 11.9. The lowest BCUT2D eigenvalue weighted by atomic mass is 10.2. The summed E-state index contributed by atoms with van der Waals surface area (Å²) in [6.07, 6.45) is 0.491. The van der Waals surface area contributed by atoms with Crippen LogP contribution in [0.4, 0.5) is 21.9 Å². The lowest BCUT2D eigenvalue weighted by Gasteiger charge is -2.18. The van der Waals surface area contributed by atoms with E-state index in [4.69, 9.17) is 4.74 Å². The molecule has 7 nitrogen and oxygen atoms in total. The fraction of sp³-hybridized carbons (Fsp3) is 0.278. The van der Waals surface area contributed by atoms with Crippen LogP contribution in [-0.4, -0.2) is 29.4 Å². The van der Waals surface area contributed by atoms with E-state index in [9.17, 15) is 14.9 Å². The number of hydrogen-bond donors (Lipinski definition) is 2. The predicted molar refractivity (Wildman–Crippen MR) is 103 cm³/mol. The quantitative estimate of drug-likeness (QED) is 0.472. The SMILES string of the molecule is O=C(Nc1ccc(N2CCC(S)C2)cc1)OCc1ccc([N+](=O)[O-])cc1. The molecule has 1 N–H and O–H groups in total. The third-order valence-electron chi connectivity index (χ3n) is 4.16. The van der Waals surface area contributed by atoms with Crippen LogP contribution >= 0.6 is 12.6 Å². The zero-order chi connectivity index (χ0) is 18.5. The zero-order valence-corrected chi connectivity index (χ0v) is 14.9. The van der Waals surface area contributed by atoms with Crippen molar-refractivity contribution in [2.45, 2.75) is 18.3 Å². The lowest BCUT2D eigenvalue weighted by Crippen LogP contribution is -2.19. The number of hydrogen-bond acceptors (Lipinski definition) is 6. The normalized spacial score (nSPS) is 16.3. The molecule has 0 aliphatic carbocycles. The summed E-state index contributed by atoms with van der Waals surface area (Å²) in [5.41, 5.74) is 2.42. The van der Waals surface area contributed by atoms with Crippen molar-refractivity contribution in [1.82, 2.24) is 0 Å². The molecule has 136 valence electrons. The first-order valence-corrected chi connectivity index (χ1v) is 8.73. The minimum absolute atomic E-state index is 0.000492. The molecule has 2 aromatic carbocycles. The second-order valence-electron chi connectivity index (χ2n) is 6.06. The maximum absolute atomic E-state index is 11.9. The van der Waals surface area contributed by atoms with Gasteiger partial charge in [-0.15, -0.1) is 0 Å². The molecule has 1 atom stereocenters. The van der Waals surface area contributed by atoms with E-state index in [-0.39, 0.29) is 12.3 Å². The Bertz CT molecular complexity index is 780. The van der Waals surface area contributed by atoms with Gasteiger partial charge >= 0.3 is 6.09 Å². The Balaban J connectivity index is 1.49. The molecule has 0 bridgehead atoms. The van der Waals surface area contributed by atoms with E-state index in [2.05, 4.69) is 22.8 Å². The van der Waals surface area contributed by atoms with Crippen LogP contribution in [0.2, 0.25) is 0 Å². The molecular weight excluding hydrogens is 354 g/mol. The van der Waals surface area contributed by atoms with Crippen LogP contribution in [0.1, 0.15) is 12.0 Å². The molecule has 2 aromatic rings. The van der Waals surface area contributed by atoms with Crippen molar-refractivity contribution >= 4 is 35.8 Å². The number of amides is 1. The molecule has 1 unspecified atom stereocenters. The number of carbonyl (C=O) groups is 1. The molecule has 1 heterocycles. The van der Waals surface area contributed by atoms with Crippen LogP contribution in [0.5, 0.6) is 0 Å². The summed E-state index contributed by atoms with van der Waals surface area (Å²) >= 11 is 4.49. The molecule has 1 aliphatic rings. The van der Waals surface area contributed by atoms with Gasteiger partial charge in [0, 0.05) is 41.8 Å². The van der Waals surface area contributed by atoms with Gasteiger partial charge in [-0.05, 0) is 48.4 Å². The molecule has 1 saturated heterocycles. The molecule has 8 heteroatoms. The van der Waals surface area contributed by atoms with Gasteiger partial charge in [-0.3, -0.25) is 15.4 Å². The lowest BCUT2D eigenvalue weighted by molar-refractivity contribution is -0.384. The van der Waals surface area contributed by atoms with Crippen LogP contribution in [-0.2, 0) is 11.3 Å². The number of nitro benzene ring substituents is 1. The van der Waals surface area contributed by atoms with Gasteiger partial charge in [0.15, 0.2) is 0 Å². The highest BCUT2D eigenvalue weighted by Gasteiger charge is 2.19. The van der Waals surface area contributed by atoms with Gasteiger partial charge in [-0.2, -0.15) is 12.6 Å². The summed E-state index contributed by atoms with van der Waals surface area (Å²) in [5, 5.41) is 13.7. The molecule has 1 aliphatic heterocycles. The van der Waals surface area contributed by atoms with Crippen LogP contribution < -0.4 is 10.2 Å². The minimum atomic E-state index is -0.576. The van der Waals surface area contributed by atoms with Gasteiger partial charge in [0.1, 0.15) is 6.61 Å². The van der Waals surface area contributed by atoms with Gasteiger partial charge < -0.3 is 9.64 Å². The summed E-state index contributed by atoms with van der Waals surface area (Å²) in [5.74, 6) is 0. The molecule has 0 radical (unpaired) electrons. The van der Waals surface area contributed by atoms with Gasteiger partial charge in [-0.25, -0.2) is 4.79 Å². The van der Waals surface area contributed by atoms with E-state index in [1.807, 2.05) is 24.3 Å². The second kappa shape index (κ2) is 8.09. The topological polar surface area (TPSA) is 84.7 Å². The zero-order valence-electron chi connectivity index (χ0n) is 14.0. The molecule has 26 heavy (non-hydrogen) atoms. The number of anilines is 2. The van der Waals surface area contributed by atoms with Gasteiger partial charge in [0.05, 0.1) is 4.92 Å². The first kappa shape index (κ1) is 18.1. The standard InChI is InChI=1S/C18H19N3O4S/c22-18(25-12-13-1-5-16(6-2-13)21(23)24)19-14-3-7-15(8-4-14)20-10-9-17(26)11-20/h1-8,17,26H,9-12H2,(H,19,22). The number of ether oxygens (including phenoxy) is 1. The molecule has 0 spiro atoms. The number of rotatable bonds is 5. The number of benzene rings is 2. The number of nitrogens with one attached hydrogen (secondary N) is 1. The molecule has 0 aromatic heterocycles. The number of carbonyl (C=O) groups excluding carboxylic acids is 1. The maximum Gasteiger partial charge on any atom is 0.411 e. The first-order chi connectivity index (χ1) is 12.5. The number of non-ortho nitro benzene ring substituents is 1. The molecular formula is C18H19N3O4S. The van der Waals surface area contributed by atoms with E-state index in [0.29, 0.717) is 16.5 Å². The Labute approximate surface area is 156 Å². The van der Waals surface area contributed by atoms with Crippen LogP contribution in [0, 0.1) is 10.1 Å². The van der Waals surface area contributed by atoms with Crippen molar-refractivity contribution in [2.24, 2.45) is 0 Å². The number of thiol groups is 1. The average Bonchev–Trinajstić information content (AvgIpc) is 3.07. The summed E-state index contributed by atoms with van der Waals surface area (Å²) in [6.45, 7) is 1.95. The first-order valence-electron chi connectivity index (χ1n) is 8.21. The third kappa shape index (κ3) is 4.66. The van der Waals surface area contributed by atoms with Crippen LogP contribution in [0.25, 0.3) is 0 Å². The summed E-state index contributed by atoms with van der Waals surface area (Å²) in [4.78, 5) is 24.3. The van der Waals surface area contributed by atoms with Crippen LogP contribution in [0.3, 0.4) is 0 Å². The fourth-order valence-electron chi connectivity index (χ4n) is 2.75. The van der Waals surface area contributed by atoms with Crippen molar-refractivity contribution < 1.29 is 14.5 Å². The van der Waals surface area contributed by atoms with Gasteiger partial charge in [0.25, 0.3) is 5.69 Å². The van der Waals surface area contributed by atoms with Crippen molar-refractivity contribution in [3.05, 3.63) is 64.2 Å². The Kier molecular flexibility index (Phi) is 5.62. The van der Waals surface area contributed by atoms with Crippen molar-refractivity contribution in [3.63, 3.8) is 0 Å². The van der Waals surface area contributed by atoms with Gasteiger partial charge in [0.2, 0.25) is 0 Å². The highest BCUT2D eigenvalue weighted by Crippen LogP contribution is 2.24. The summed E-state index contributed by atoms with van der Waals surface area (Å²) < 4.78 is 5.14. The van der Waals surface area contributed by atoms with E-state index in [0.717, 1.165) is 25.2 Å². The number of nitro groups is 1. The highest BCUT2D eigenvalue weighted by molar-refractivity contribution is 7.81. The predicted octanol–water partition coefficient (Wildman–Crippen LogP) is 3.85. The molecule has 1 amide bonds. The third-order valence-corrected chi connectivity index (χ3v) is 4.58. The Morgan fingerprint density at radius 2 is 1.92 bits per heavy atom. The summed E-state index contributed by atoms with van der Waals surface area (Å²) in [6, 6.07) is 13.4. The van der Waals surface area contributed by atoms with Gasteiger partial charge in [-0.1, -0.05) is 0 Å². The van der Waals surface area contributed by atoms with E-state index < -0.39 is 11.0 Å².